The molecule has 0 saturated carbocycles. The van der Waals surface area contributed by atoms with Crippen LogP contribution >= 0.6 is 0 Å². The lowest BCUT2D eigenvalue weighted by atomic mass is 10.3. The fourth-order valence-electron chi connectivity index (χ4n) is 2.62. The third kappa shape index (κ3) is 5.76. The minimum atomic E-state index is 0.148. The van der Waals surface area contributed by atoms with Gasteiger partial charge in [-0.2, -0.15) is 0 Å². The molecule has 6 heteroatoms. The Labute approximate surface area is 144 Å². The van der Waals surface area contributed by atoms with Crippen LogP contribution in [0.4, 0.5) is 0 Å². The van der Waals surface area contributed by atoms with Crippen molar-refractivity contribution in [3.63, 3.8) is 0 Å². The zero-order chi connectivity index (χ0) is 17.2. The molecule has 1 heterocycles. The highest BCUT2D eigenvalue weighted by Gasteiger charge is 2.20. The van der Waals surface area contributed by atoms with Crippen molar-refractivity contribution in [2.75, 3.05) is 45.9 Å². The fourth-order valence-corrected chi connectivity index (χ4v) is 2.62. The van der Waals surface area contributed by atoms with E-state index in [1.165, 1.54) is 0 Å². The predicted octanol–water partition coefficient (Wildman–Crippen LogP) is 1.59. The van der Waals surface area contributed by atoms with Crippen LogP contribution < -0.4 is 10.1 Å². The Morgan fingerprint density at radius 1 is 1.17 bits per heavy atom. The van der Waals surface area contributed by atoms with Crippen molar-refractivity contribution in [3.05, 3.63) is 30.3 Å². The second-order valence-electron chi connectivity index (χ2n) is 5.74. The number of aliphatic imine (C=N–C) groups is 1. The van der Waals surface area contributed by atoms with Gasteiger partial charge in [0.15, 0.2) is 5.96 Å². The molecular weight excluding hydrogens is 304 g/mol. The molecule has 132 valence electrons. The molecule has 6 nitrogen and oxygen atoms in total. The number of guanidine groups is 1. The third-order valence-corrected chi connectivity index (χ3v) is 3.94. The maximum atomic E-state index is 11.4. The van der Waals surface area contributed by atoms with Gasteiger partial charge in [0.25, 0.3) is 0 Å². The van der Waals surface area contributed by atoms with E-state index in [1.807, 2.05) is 35.2 Å². The Hall–Kier alpha value is -2.24. The number of benzene rings is 1. The maximum Gasteiger partial charge on any atom is 0.219 e. The van der Waals surface area contributed by atoms with E-state index in [4.69, 9.17) is 4.74 Å². The molecule has 0 spiro atoms. The van der Waals surface area contributed by atoms with Gasteiger partial charge in [-0.15, -0.1) is 0 Å². The highest BCUT2D eigenvalue weighted by Crippen LogP contribution is 2.08. The lowest BCUT2D eigenvalue weighted by Gasteiger charge is -2.36. The van der Waals surface area contributed by atoms with E-state index < -0.39 is 0 Å². The van der Waals surface area contributed by atoms with Crippen LogP contribution in [0.25, 0.3) is 0 Å². The first-order chi connectivity index (χ1) is 11.7. The molecule has 0 aliphatic carbocycles. The molecule has 0 bridgehead atoms. The SMILES string of the molecule is CCNC(=NCCCOc1ccccc1)N1CCN(C(C)=O)CC1. The molecule has 1 aliphatic heterocycles. The number of nitrogens with one attached hydrogen (secondary N) is 1. The van der Waals surface area contributed by atoms with E-state index in [-0.39, 0.29) is 5.91 Å². The summed E-state index contributed by atoms with van der Waals surface area (Å²) in [5, 5.41) is 3.34. The fraction of sp³-hybridized carbons (Fsp3) is 0.556. The summed E-state index contributed by atoms with van der Waals surface area (Å²) >= 11 is 0. The number of carbonyl (C=O) groups excluding carboxylic acids is 1. The van der Waals surface area contributed by atoms with E-state index in [1.54, 1.807) is 6.92 Å². The monoisotopic (exact) mass is 332 g/mol. The van der Waals surface area contributed by atoms with Crippen LogP contribution in [0.3, 0.4) is 0 Å². The summed E-state index contributed by atoms with van der Waals surface area (Å²) in [4.78, 5) is 20.2. The van der Waals surface area contributed by atoms with Crippen LogP contribution in [0.1, 0.15) is 20.3 Å². The lowest BCUT2D eigenvalue weighted by molar-refractivity contribution is -0.130. The third-order valence-electron chi connectivity index (χ3n) is 3.94. The van der Waals surface area contributed by atoms with Crippen LogP contribution in [-0.2, 0) is 4.79 Å². The van der Waals surface area contributed by atoms with Crippen molar-refractivity contribution < 1.29 is 9.53 Å². The van der Waals surface area contributed by atoms with Crippen LogP contribution in [0.2, 0.25) is 0 Å². The number of amides is 1. The van der Waals surface area contributed by atoms with Crippen LogP contribution in [-0.4, -0.2) is 67.5 Å². The molecule has 0 radical (unpaired) electrons. The normalized spacial score (nSPS) is 15.3. The maximum absolute atomic E-state index is 11.4. The number of hydrogen-bond donors (Lipinski definition) is 1. The van der Waals surface area contributed by atoms with Gasteiger partial charge < -0.3 is 19.9 Å². The van der Waals surface area contributed by atoms with Gasteiger partial charge in [0.2, 0.25) is 5.91 Å². The lowest BCUT2D eigenvalue weighted by Crippen LogP contribution is -2.53. The Balaban J connectivity index is 1.75. The van der Waals surface area contributed by atoms with Gasteiger partial charge in [-0.1, -0.05) is 18.2 Å². The summed E-state index contributed by atoms with van der Waals surface area (Å²) in [5.74, 6) is 1.98. The summed E-state index contributed by atoms with van der Waals surface area (Å²) in [7, 11) is 0. The summed E-state index contributed by atoms with van der Waals surface area (Å²) < 4.78 is 5.69. The molecule has 0 atom stereocenters. The number of nitrogens with zero attached hydrogens (tertiary/aromatic N) is 3. The minimum absolute atomic E-state index is 0.148. The van der Waals surface area contributed by atoms with Crippen LogP contribution in [0, 0.1) is 0 Å². The average molecular weight is 332 g/mol. The Morgan fingerprint density at radius 3 is 2.46 bits per heavy atom. The van der Waals surface area contributed by atoms with E-state index in [9.17, 15) is 4.79 Å². The summed E-state index contributed by atoms with van der Waals surface area (Å²) in [6.07, 6.45) is 0.872. The Kier molecular flexibility index (Phi) is 7.39. The first-order valence-corrected chi connectivity index (χ1v) is 8.67. The molecule has 24 heavy (non-hydrogen) atoms. The van der Waals surface area contributed by atoms with Gasteiger partial charge in [-0.05, 0) is 19.1 Å². The van der Waals surface area contributed by atoms with Crippen molar-refractivity contribution in [1.82, 2.24) is 15.1 Å². The van der Waals surface area contributed by atoms with Gasteiger partial charge in [0.05, 0.1) is 6.61 Å². The number of ether oxygens (including phenoxy) is 1. The molecule has 1 saturated heterocycles. The molecule has 1 fully saturated rings. The molecule has 1 aliphatic rings. The number of piperazine rings is 1. The van der Waals surface area contributed by atoms with Gasteiger partial charge >= 0.3 is 0 Å². The number of para-hydroxylation sites is 1. The largest absolute Gasteiger partial charge is 0.494 e. The zero-order valence-corrected chi connectivity index (χ0v) is 14.7. The molecule has 1 amide bonds. The smallest absolute Gasteiger partial charge is 0.219 e. The molecule has 0 unspecified atom stereocenters. The van der Waals surface area contributed by atoms with Crippen molar-refractivity contribution in [1.29, 1.82) is 0 Å². The van der Waals surface area contributed by atoms with Gasteiger partial charge in [0, 0.05) is 52.6 Å². The second-order valence-corrected chi connectivity index (χ2v) is 5.74. The molecule has 2 rings (SSSR count). The van der Waals surface area contributed by atoms with E-state index >= 15 is 0 Å². The van der Waals surface area contributed by atoms with Gasteiger partial charge in [0.1, 0.15) is 5.75 Å². The second kappa shape index (κ2) is 9.80. The summed E-state index contributed by atoms with van der Waals surface area (Å²) in [5.41, 5.74) is 0. The standard InChI is InChI=1S/C18H28N4O2/c1-3-19-18(22-13-11-21(12-14-22)16(2)23)20-10-7-15-24-17-8-5-4-6-9-17/h4-6,8-9H,3,7,10-15H2,1-2H3,(H,19,20). The molecule has 1 N–H and O–H groups in total. The number of rotatable bonds is 6. The van der Waals surface area contributed by atoms with Crippen molar-refractivity contribution in [2.45, 2.75) is 20.3 Å². The first kappa shape index (κ1) is 18.1. The predicted molar refractivity (Wildman–Crippen MR) is 96.4 cm³/mol. The summed E-state index contributed by atoms with van der Waals surface area (Å²) in [6, 6.07) is 9.84. The Morgan fingerprint density at radius 2 is 1.83 bits per heavy atom. The van der Waals surface area contributed by atoms with Gasteiger partial charge in [-0.3, -0.25) is 9.79 Å². The highest BCUT2D eigenvalue weighted by molar-refractivity contribution is 5.80. The van der Waals surface area contributed by atoms with Gasteiger partial charge in [-0.25, -0.2) is 0 Å². The number of carbonyl (C=O) groups is 1. The molecule has 1 aromatic rings. The van der Waals surface area contributed by atoms with E-state index in [0.717, 1.165) is 57.4 Å². The van der Waals surface area contributed by atoms with Crippen molar-refractivity contribution >= 4 is 11.9 Å². The highest BCUT2D eigenvalue weighted by atomic mass is 16.5. The topological polar surface area (TPSA) is 57.2 Å². The minimum Gasteiger partial charge on any atom is -0.494 e. The van der Waals surface area contributed by atoms with Crippen molar-refractivity contribution in [3.8, 4) is 5.75 Å². The van der Waals surface area contributed by atoms with E-state index in [2.05, 4.69) is 22.1 Å². The quantitative estimate of drug-likeness (QED) is 0.488. The van der Waals surface area contributed by atoms with Crippen LogP contribution in [0.15, 0.2) is 35.3 Å². The zero-order valence-electron chi connectivity index (χ0n) is 14.7. The Bertz CT molecular complexity index is 525. The molecule has 1 aromatic carbocycles. The molecule has 0 aromatic heterocycles. The van der Waals surface area contributed by atoms with Crippen LogP contribution in [0.5, 0.6) is 5.75 Å². The molecular formula is C18H28N4O2. The van der Waals surface area contributed by atoms with E-state index in [0.29, 0.717) is 6.61 Å². The first-order valence-electron chi connectivity index (χ1n) is 8.67. The van der Waals surface area contributed by atoms with Crippen molar-refractivity contribution in [2.24, 2.45) is 4.99 Å². The average Bonchev–Trinajstić information content (AvgIpc) is 2.61. The summed E-state index contributed by atoms with van der Waals surface area (Å²) in [6.45, 7) is 9.09. The number of hydrogen-bond acceptors (Lipinski definition) is 3.